The Morgan fingerprint density at radius 2 is 0.855 bits per heavy atom. The fraction of sp³-hybridized carbons (Fsp3) is 0.292. The lowest BCUT2D eigenvalue weighted by Gasteiger charge is -2.27. The Kier molecular flexibility index (Phi) is 14.0. The minimum Gasteiger partial charge on any atom is -0.318 e. The first-order chi connectivity index (χ1) is 29.3. The summed E-state index contributed by atoms with van der Waals surface area (Å²) >= 11 is 0. The van der Waals surface area contributed by atoms with E-state index >= 15 is 0 Å². The lowest BCUT2D eigenvalue weighted by atomic mass is 10.0. The van der Waals surface area contributed by atoms with E-state index in [1.165, 1.54) is 0 Å². The van der Waals surface area contributed by atoms with E-state index in [0.717, 1.165) is 22.3 Å². The summed E-state index contributed by atoms with van der Waals surface area (Å²) in [6, 6.07) is 34.2. The van der Waals surface area contributed by atoms with Crippen molar-refractivity contribution >= 4 is 43.4 Å². The minimum absolute atomic E-state index is 0.243. The molecule has 2 amide bonds. The molecule has 2 heterocycles. The van der Waals surface area contributed by atoms with Crippen LogP contribution in [0.25, 0.3) is 11.4 Å². The van der Waals surface area contributed by atoms with Gasteiger partial charge in [-0.2, -0.15) is 16.8 Å². The van der Waals surface area contributed by atoms with Crippen molar-refractivity contribution in [2.45, 2.75) is 25.9 Å². The molecule has 0 fully saturated rings. The Morgan fingerprint density at radius 3 is 1.18 bits per heavy atom. The van der Waals surface area contributed by atoms with Crippen LogP contribution in [0.2, 0.25) is 0 Å². The van der Waals surface area contributed by atoms with Crippen molar-refractivity contribution in [1.29, 1.82) is 0 Å². The van der Waals surface area contributed by atoms with Crippen LogP contribution < -0.4 is 0 Å². The van der Waals surface area contributed by atoms with Gasteiger partial charge in [-0.3, -0.25) is 18.7 Å². The van der Waals surface area contributed by atoms with Gasteiger partial charge in [-0.1, -0.05) is 96.8 Å². The van der Waals surface area contributed by atoms with Crippen LogP contribution in [0.15, 0.2) is 120 Å². The summed E-state index contributed by atoms with van der Waals surface area (Å²) in [5, 5.41) is 0. The van der Waals surface area contributed by atoms with Crippen molar-refractivity contribution in [3.05, 3.63) is 154 Å². The summed E-state index contributed by atoms with van der Waals surface area (Å²) in [6.07, 6.45) is 0.617. The number of nitrogens with zero attached hydrogens (tertiary/aromatic N) is 4. The lowest BCUT2D eigenvalue weighted by Crippen LogP contribution is -2.41. The standard InChI is InChI=1S/C48H50N4O8S2/c1-51(2,31-13-33-61(55,56)57)29-11-19-37-21-25-41(26-22-37)45-43-44(48(54)49(45)35-39-15-7-5-8-16-39)46(50(47(43)53)36-40-17-9-6-10-18-40)42-27-23-38(24-28-42)20-12-30-52(3,4)32-14-34-62(58,59)60/h5-10,15-18,21-28H,13-14,29-36H2,1-4H3/p+2. The van der Waals surface area contributed by atoms with Crippen LogP contribution in [0.5, 0.6) is 0 Å². The number of hydrogen-bond acceptors (Lipinski definition) is 6. The van der Waals surface area contributed by atoms with Gasteiger partial charge in [0, 0.05) is 24.0 Å². The highest BCUT2D eigenvalue weighted by Crippen LogP contribution is 2.47. The Balaban J connectivity index is 1.35. The van der Waals surface area contributed by atoms with E-state index in [-0.39, 0.29) is 36.4 Å². The molecule has 0 atom stereocenters. The molecule has 12 nitrogen and oxygen atoms in total. The van der Waals surface area contributed by atoms with Crippen molar-refractivity contribution in [2.75, 3.05) is 65.9 Å². The third kappa shape index (κ3) is 12.2. The minimum atomic E-state index is -4.03. The average molecular weight is 877 g/mol. The summed E-state index contributed by atoms with van der Waals surface area (Å²) in [5.41, 5.74) is 6.34. The van der Waals surface area contributed by atoms with E-state index in [2.05, 4.69) is 23.7 Å². The van der Waals surface area contributed by atoms with Gasteiger partial charge in [-0.05, 0) is 58.4 Å². The molecule has 2 N–H and O–H groups in total. The Hall–Kier alpha value is -5.84. The zero-order valence-corrected chi connectivity index (χ0v) is 37.0. The van der Waals surface area contributed by atoms with Gasteiger partial charge < -0.3 is 18.8 Å². The summed E-state index contributed by atoms with van der Waals surface area (Å²) < 4.78 is 63.8. The maximum absolute atomic E-state index is 14.9. The van der Waals surface area contributed by atoms with Crippen molar-refractivity contribution in [3.63, 3.8) is 0 Å². The van der Waals surface area contributed by atoms with Crippen molar-refractivity contribution in [3.8, 4) is 23.7 Å². The normalized spacial score (nSPS) is 14.5. The Morgan fingerprint density at radius 1 is 0.516 bits per heavy atom. The monoisotopic (exact) mass is 876 g/mol. The molecule has 0 radical (unpaired) electrons. The number of fused-ring (bicyclic) bond motifs is 1. The number of rotatable bonds is 16. The van der Waals surface area contributed by atoms with Crippen LogP contribution in [0.4, 0.5) is 0 Å². The summed E-state index contributed by atoms with van der Waals surface area (Å²) in [5.74, 6) is 11.6. The van der Waals surface area contributed by atoms with E-state index in [0.29, 0.717) is 81.7 Å². The molecule has 62 heavy (non-hydrogen) atoms. The van der Waals surface area contributed by atoms with Gasteiger partial charge in [0.15, 0.2) is 0 Å². The molecule has 0 aliphatic carbocycles. The topological polar surface area (TPSA) is 149 Å². The molecule has 322 valence electrons. The summed E-state index contributed by atoms with van der Waals surface area (Å²) in [4.78, 5) is 33.1. The number of carbonyl (C=O) groups is 2. The summed E-state index contributed by atoms with van der Waals surface area (Å²) in [7, 11) is -0.270. The molecule has 0 unspecified atom stereocenters. The molecule has 0 saturated carbocycles. The number of amides is 2. The maximum atomic E-state index is 14.9. The Labute approximate surface area is 365 Å². The number of hydrogen-bond donors (Lipinski definition) is 2. The zero-order chi connectivity index (χ0) is 44.7. The van der Waals surface area contributed by atoms with Crippen LogP contribution in [0.3, 0.4) is 0 Å². The fourth-order valence-electron chi connectivity index (χ4n) is 7.47. The van der Waals surface area contributed by atoms with E-state index in [4.69, 9.17) is 9.11 Å². The van der Waals surface area contributed by atoms with Gasteiger partial charge in [0.05, 0.1) is 88.4 Å². The van der Waals surface area contributed by atoms with Crippen LogP contribution in [0.1, 0.15) is 46.2 Å². The number of benzene rings is 4. The van der Waals surface area contributed by atoms with E-state index in [1.54, 1.807) is 9.80 Å². The van der Waals surface area contributed by atoms with Gasteiger partial charge in [0.2, 0.25) is 0 Å². The molecule has 0 bridgehead atoms. The highest BCUT2D eigenvalue weighted by atomic mass is 32.2. The molecule has 2 aliphatic heterocycles. The molecule has 2 aliphatic rings. The first-order valence-electron chi connectivity index (χ1n) is 20.2. The molecule has 6 rings (SSSR count). The van der Waals surface area contributed by atoms with Crippen LogP contribution in [-0.2, 0) is 42.9 Å². The van der Waals surface area contributed by atoms with E-state index in [9.17, 15) is 26.4 Å². The van der Waals surface area contributed by atoms with Crippen molar-refractivity contribution in [1.82, 2.24) is 9.80 Å². The molecule has 0 saturated heterocycles. The van der Waals surface area contributed by atoms with Gasteiger partial charge in [-0.25, -0.2) is 0 Å². The molecule has 0 aromatic heterocycles. The van der Waals surface area contributed by atoms with Crippen LogP contribution >= 0.6 is 0 Å². The first kappa shape index (κ1) is 45.7. The quantitative estimate of drug-likeness (QED) is 0.0876. The average Bonchev–Trinajstić information content (AvgIpc) is 3.64. The predicted octanol–water partition coefficient (Wildman–Crippen LogP) is 5.31. The number of carbonyl (C=O) groups excluding carboxylic acids is 2. The van der Waals surface area contributed by atoms with Crippen LogP contribution in [0, 0.1) is 23.7 Å². The highest BCUT2D eigenvalue weighted by Gasteiger charge is 2.48. The SMILES string of the molecule is C[N+](C)(CC#Cc1ccc(C2=C3C(=O)N(Cc4ccccc4)C(c4ccc(C#CC[N+](C)(C)CCCS(=O)(=O)O)cc4)=C3C(=O)N2Cc2ccccc2)cc1)CCCS(=O)(=O)O. The first-order valence-corrected chi connectivity index (χ1v) is 23.4. The zero-order valence-electron chi connectivity index (χ0n) is 35.4. The Bertz CT molecular complexity index is 2530. The molecule has 4 aromatic rings. The lowest BCUT2D eigenvalue weighted by molar-refractivity contribution is -0.883. The maximum Gasteiger partial charge on any atom is 0.265 e. The predicted molar refractivity (Wildman–Crippen MR) is 240 cm³/mol. The second-order valence-corrected chi connectivity index (χ2v) is 20.0. The fourth-order valence-corrected chi connectivity index (χ4v) is 8.46. The third-order valence-electron chi connectivity index (χ3n) is 10.7. The number of quaternary nitrogens is 2. The molecule has 14 heteroatoms. The van der Waals surface area contributed by atoms with E-state index in [1.807, 2.05) is 137 Å². The third-order valence-corrected chi connectivity index (χ3v) is 12.3. The smallest absolute Gasteiger partial charge is 0.265 e. The highest BCUT2D eigenvalue weighted by molar-refractivity contribution is 7.86. The largest absolute Gasteiger partial charge is 0.318 e. The summed E-state index contributed by atoms with van der Waals surface area (Å²) in [6.45, 7) is 2.43. The molecular weight excluding hydrogens is 825 g/mol. The van der Waals surface area contributed by atoms with E-state index < -0.39 is 20.2 Å². The van der Waals surface area contributed by atoms with Gasteiger partial charge in [-0.15, -0.1) is 0 Å². The van der Waals surface area contributed by atoms with Gasteiger partial charge >= 0.3 is 0 Å². The molecular formula is C48H52N4O8S2+2. The second kappa shape index (κ2) is 19.1. The second-order valence-electron chi connectivity index (χ2n) is 16.9. The van der Waals surface area contributed by atoms with Gasteiger partial charge in [0.25, 0.3) is 32.1 Å². The van der Waals surface area contributed by atoms with Crippen molar-refractivity contribution in [2.24, 2.45) is 0 Å². The van der Waals surface area contributed by atoms with Crippen molar-refractivity contribution < 1.29 is 44.5 Å². The molecule has 0 spiro atoms. The van der Waals surface area contributed by atoms with Crippen LogP contribution in [-0.4, -0.2) is 122 Å². The molecule has 4 aromatic carbocycles. The van der Waals surface area contributed by atoms with Gasteiger partial charge in [0.1, 0.15) is 13.1 Å².